The van der Waals surface area contributed by atoms with Crippen molar-refractivity contribution in [2.75, 3.05) is 78.8 Å². The third-order valence-corrected chi connectivity index (χ3v) is 13.9. The van der Waals surface area contributed by atoms with Crippen LogP contribution < -0.4 is 14.2 Å². The van der Waals surface area contributed by atoms with Gasteiger partial charge in [-0.2, -0.15) is 0 Å². The summed E-state index contributed by atoms with van der Waals surface area (Å²) >= 11 is 0. The largest absolute Gasteiger partial charge is 0.490 e. The van der Waals surface area contributed by atoms with Crippen molar-refractivity contribution < 1.29 is 47.1 Å². The molecule has 13 nitrogen and oxygen atoms in total. The summed E-state index contributed by atoms with van der Waals surface area (Å²) in [5, 5.41) is 8.84. The molecular weight excluding hydrogens is 906 g/mol. The first kappa shape index (κ1) is 63.9. The smallest absolute Gasteiger partial charge is 0.330 e. The Labute approximate surface area is 427 Å². The van der Waals surface area contributed by atoms with Gasteiger partial charge < -0.3 is 42.6 Å². The van der Waals surface area contributed by atoms with Gasteiger partial charge in [0, 0.05) is 0 Å². The number of benzene rings is 1. The zero-order chi connectivity index (χ0) is 50.3. The lowest BCUT2D eigenvalue weighted by Gasteiger charge is -2.19. The third-order valence-electron chi connectivity index (χ3n) is 12.5. The van der Waals surface area contributed by atoms with Crippen LogP contribution in [0.2, 0.25) is 0 Å². The van der Waals surface area contributed by atoms with E-state index in [0.717, 1.165) is 47.8 Å². The van der Waals surface area contributed by atoms with Gasteiger partial charge in [-0.05, 0) is 43.9 Å². The lowest BCUT2D eigenvalue weighted by molar-refractivity contribution is -0.00331. The second-order valence-corrected chi connectivity index (χ2v) is 21.1. The zero-order valence-corrected chi connectivity index (χ0v) is 46.1. The number of hydrogen-bond acceptors (Lipinski definition) is 11. The number of aromatic nitrogens is 3. The van der Waals surface area contributed by atoms with Gasteiger partial charge in [0.15, 0.2) is 11.5 Å². The lowest BCUT2D eigenvalue weighted by atomic mass is 10.1. The van der Waals surface area contributed by atoms with E-state index >= 15 is 0 Å². The average molecular weight is 1010 g/mol. The molecule has 0 saturated heterocycles. The van der Waals surface area contributed by atoms with Gasteiger partial charge in [-0.25, -0.2) is 4.68 Å². The Balaban J connectivity index is 1.97. The SMILES string of the molecule is CCCCCCCCCCCCOc1cc(Cn2cc(COCCOCCOCCOCCP(=O)(O)OCC)nn2)cc(OCCCCCCCCCCCC)c1OCCCCCCCCCCCC. The molecule has 70 heavy (non-hydrogen) atoms. The van der Waals surface area contributed by atoms with Gasteiger partial charge in [0.2, 0.25) is 5.75 Å². The highest BCUT2D eigenvalue weighted by Gasteiger charge is 2.19. The van der Waals surface area contributed by atoms with Crippen molar-refractivity contribution in [1.29, 1.82) is 0 Å². The van der Waals surface area contributed by atoms with Crippen molar-refractivity contribution >= 4 is 7.60 Å². The molecule has 0 aliphatic carbocycles. The molecule has 2 rings (SSSR count). The van der Waals surface area contributed by atoms with E-state index in [1.807, 2.05) is 10.9 Å². The van der Waals surface area contributed by atoms with Gasteiger partial charge in [-0.3, -0.25) is 4.57 Å². The van der Waals surface area contributed by atoms with Crippen molar-refractivity contribution in [1.82, 2.24) is 15.0 Å². The van der Waals surface area contributed by atoms with Gasteiger partial charge in [-0.15, -0.1) is 5.10 Å². The first-order valence-electron chi connectivity index (χ1n) is 28.6. The van der Waals surface area contributed by atoms with Crippen LogP contribution >= 0.6 is 7.60 Å². The molecule has 2 aromatic rings. The molecule has 0 aliphatic rings. The standard InChI is InChI=1S/C56H104N3O10P/c1-5-9-12-15-18-21-24-27-30-33-36-66-54-47-52(49-59-50-53(57-58-59)51-65-44-43-63-40-39-62-41-42-64-45-46-70(60,61)69-8-4)48-55(67-37-34-31-28-25-22-19-16-13-10-6-2)56(54)68-38-35-32-29-26-23-20-17-14-11-7-3/h47-48,50H,5-46,49,51H2,1-4H3,(H,60,61). The second kappa shape index (κ2) is 46.5. The molecular formula is C56H104N3O10P. The maximum Gasteiger partial charge on any atom is 0.330 e. The molecule has 0 saturated carbocycles. The maximum absolute atomic E-state index is 11.7. The number of unbranched alkanes of at least 4 members (excludes halogenated alkanes) is 27. The predicted octanol–water partition coefficient (Wildman–Crippen LogP) is 15.0. The molecule has 0 radical (unpaired) electrons. The summed E-state index contributed by atoms with van der Waals surface area (Å²) < 4.78 is 60.6. The first-order valence-corrected chi connectivity index (χ1v) is 30.4. The van der Waals surface area contributed by atoms with E-state index in [1.165, 1.54) is 173 Å². The van der Waals surface area contributed by atoms with Crippen molar-refractivity contribution in [3.8, 4) is 17.2 Å². The minimum absolute atomic E-state index is 0.0327. The summed E-state index contributed by atoms with van der Waals surface area (Å²) in [6.07, 6.45) is 40.4. The molecule has 0 aliphatic heterocycles. The van der Waals surface area contributed by atoms with Crippen LogP contribution in [-0.4, -0.2) is 98.7 Å². The molecule has 14 heteroatoms. The molecule has 1 aromatic carbocycles. The van der Waals surface area contributed by atoms with Crippen molar-refractivity contribution in [3.63, 3.8) is 0 Å². The van der Waals surface area contributed by atoms with Gasteiger partial charge in [0.1, 0.15) is 5.69 Å². The second-order valence-electron chi connectivity index (χ2n) is 19.1. The van der Waals surface area contributed by atoms with E-state index in [1.54, 1.807) is 6.92 Å². The van der Waals surface area contributed by atoms with Crippen LogP contribution in [0.3, 0.4) is 0 Å². The maximum atomic E-state index is 11.7. The number of ether oxygens (including phenoxy) is 7. The molecule has 0 fully saturated rings. The Kier molecular flexibility index (Phi) is 42.5. The Morgan fingerprint density at radius 3 is 1.26 bits per heavy atom. The molecule has 0 bridgehead atoms. The average Bonchev–Trinajstić information content (AvgIpc) is 3.80. The van der Waals surface area contributed by atoms with E-state index in [4.69, 9.17) is 37.7 Å². The number of rotatable bonds is 54. The van der Waals surface area contributed by atoms with Crippen LogP contribution in [0, 0.1) is 0 Å². The Morgan fingerprint density at radius 2 is 0.843 bits per heavy atom. The minimum atomic E-state index is -3.56. The van der Waals surface area contributed by atoms with Gasteiger partial charge in [0.05, 0.1) is 98.2 Å². The number of nitrogens with zero attached hydrogens (tertiary/aromatic N) is 3. The summed E-state index contributed by atoms with van der Waals surface area (Å²) in [6, 6.07) is 4.23. The monoisotopic (exact) mass is 1010 g/mol. The number of hydrogen-bond donors (Lipinski definition) is 1. The van der Waals surface area contributed by atoms with Gasteiger partial charge in [-0.1, -0.05) is 199 Å². The molecule has 1 atom stereocenters. The van der Waals surface area contributed by atoms with E-state index in [9.17, 15) is 9.46 Å². The van der Waals surface area contributed by atoms with Crippen LogP contribution in [0.4, 0.5) is 0 Å². The van der Waals surface area contributed by atoms with Crippen LogP contribution in [0.25, 0.3) is 0 Å². The fourth-order valence-electron chi connectivity index (χ4n) is 8.34. The summed E-state index contributed by atoms with van der Waals surface area (Å²) in [5.74, 6) is 2.25. The molecule has 0 amide bonds. The Hall–Kier alpha value is -2.25. The third kappa shape index (κ3) is 36.6. The van der Waals surface area contributed by atoms with E-state index in [0.29, 0.717) is 72.6 Å². The molecule has 1 N–H and O–H groups in total. The quantitative estimate of drug-likeness (QED) is 0.0498. The lowest BCUT2D eigenvalue weighted by Crippen LogP contribution is -2.13. The fraction of sp³-hybridized carbons (Fsp3) is 0.857. The molecule has 408 valence electrons. The van der Waals surface area contributed by atoms with E-state index in [-0.39, 0.29) is 19.4 Å². The van der Waals surface area contributed by atoms with Gasteiger partial charge in [0.25, 0.3) is 0 Å². The highest BCUT2D eigenvalue weighted by molar-refractivity contribution is 7.52. The predicted molar refractivity (Wildman–Crippen MR) is 286 cm³/mol. The minimum Gasteiger partial charge on any atom is -0.490 e. The van der Waals surface area contributed by atoms with E-state index < -0.39 is 7.60 Å². The summed E-state index contributed by atoms with van der Waals surface area (Å²) in [4.78, 5) is 9.59. The topological polar surface area (TPSA) is 142 Å². The molecule has 1 unspecified atom stereocenters. The summed E-state index contributed by atoms with van der Waals surface area (Å²) in [7, 11) is -3.56. The zero-order valence-electron chi connectivity index (χ0n) is 45.3. The van der Waals surface area contributed by atoms with Crippen LogP contribution in [-0.2, 0) is 41.2 Å². The Morgan fingerprint density at radius 1 is 0.471 bits per heavy atom. The molecule has 1 heterocycles. The van der Waals surface area contributed by atoms with E-state index in [2.05, 4.69) is 43.2 Å². The normalized spacial score (nSPS) is 12.5. The van der Waals surface area contributed by atoms with Crippen molar-refractivity contribution in [2.24, 2.45) is 0 Å². The Bertz CT molecular complexity index is 1450. The highest BCUT2D eigenvalue weighted by atomic mass is 31.2. The first-order chi connectivity index (χ1) is 34.4. The molecule has 0 spiro atoms. The highest BCUT2D eigenvalue weighted by Crippen LogP contribution is 2.41. The summed E-state index contributed by atoms with van der Waals surface area (Å²) in [5.41, 5.74) is 1.77. The van der Waals surface area contributed by atoms with Crippen LogP contribution in [0.15, 0.2) is 18.3 Å². The van der Waals surface area contributed by atoms with Gasteiger partial charge >= 0.3 is 7.60 Å². The molecule has 1 aromatic heterocycles. The van der Waals surface area contributed by atoms with Crippen LogP contribution in [0.5, 0.6) is 17.2 Å². The van der Waals surface area contributed by atoms with Crippen molar-refractivity contribution in [2.45, 2.75) is 233 Å². The van der Waals surface area contributed by atoms with Crippen molar-refractivity contribution in [3.05, 3.63) is 29.6 Å². The van der Waals surface area contributed by atoms with Crippen LogP contribution in [0.1, 0.15) is 232 Å². The fourth-order valence-corrected chi connectivity index (χ4v) is 9.23. The summed E-state index contributed by atoms with van der Waals surface area (Å²) in [6.45, 7) is 14.0.